The van der Waals surface area contributed by atoms with E-state index in [9.17, 15) is 15.3 Å². The highest BCUT2D eigenvalue weighted by molar-refractivity contribution is 8.93. The summed E-state index contributed by atoms with van der Waals surface area (Å²) < 4.78 is 23.3. The van der Waals surface area contributed by atoms with Crippen LogP contribution < -0.4 is 28.3 Å². The molecule has 0 aromatic rings. The first-order valence-electron chi connectivity index (χ1n) is 10.9. The Morgan fingerprint density at radius 2 is 1.59 bits per heavy atom. The Hall–Kier alpha value is 0.0000000000000000416. The van der Waals surface area contributed by atoms with Crippen LogP contribution in [-0.2, 0) is 18.9 Å². The van der Waals surface area contributed by atoms with Crippen LogP contribution in [0.4, 0.5) is 0 Å². The first kappa shape index (κ1) is 28.2. The highest BCUT2D eigenvalue weighted by Gasteiger charge is 2.50. The molecule has 0 unspecified atom stereocenters. The highest BCUT2D eigenvalue weighted by Crippen LogP contribution is 2.31. The Bertz CT molecular complexity index is 594. The second-order valence-corrected chi connectivity index (χ2v) is 9.15. The van der Waals surface area contributed by atoms with Crippen molar-refractivity contribution in [3.63, 3.8) is 0 Å². The van der Waals surface area contributed by atoms with Crippen LogP contribution in [0.5, 0.6) is 0 Å². The van der Waals surface area contributed by atoms with Gasteiger partial charge in [0.15, 0.2) is 12.6 Å². The van der Waals surface area contributed by atoms with Gasteiger partial charge in [0.05, 0.1) is 24.8 Å². The van der Waals surface area contributed by atoms with Gasteiger partial charge < -0.3 is 62.5 Å². The molecule has 1 saturated carbocycles. The maximum Gasteiger partial charge on any atom is 0.185 e. The maximum absolute atomic E-state index is 11.0. The third kappa shape index (κ3) is 5.97. The zero-order chi connectivity index (χ0) is 22.9. The quantitative estimate of drug-likeness (QED) is 0.169. The van der Waals surface area contributed by atoms with E-state index in [2.05, 4.69) is 5.32 Å². The molecular formula is C19H40BrN5O7. The fraction of sp³-hybridized carbons (Fsp3) is 1.00. The SMILES string of the molecule is Br.CN[C@@H]1[C@H](O)[C@@H](O[C@@H]2[C@H](O)[C@H](O[C@@H]3O[C@H](CN)CC[C@H]3N)[C@@H](N)C[C@H]2N)OC[C@]1(C)O. The largest absolute Gasteiger partial charge is 0.388 e. The Morgan fingerprint density at radius 3 is 2.16 bits per heavy atom. The number of nitrogens with one attached hydrogen (secondary N) is 1. The van der Waals surface area contributed by atoms with E-state index in [1.54, 1.807) is 14.0 Å². The minimum atomic E-state index is -1.29. The average Bonchev–Trinajstić information content (AvgIpc) is 2.71. The standard InChI is InChI=1S/C19H39N5O7.BrH/c1-19(27)7-28-18(13(26)16(19)24-2)31-15-11(23)5-10(22)14(12(15)25)30-17-9(21)4-3-8(6-20)29-17;/h8-18,24-27H,3-7,20-23H2,1-2H3;1H/t8-,9+,10-,11+,12+,13-,14+,15-,16+,17-,18+,19-;/m0./s1. The number of rotatable bonds is 6. The van der Waals surface area contributed by atoms with Crippen molar-refractivity contribution < 1.29 is 34.3 Å². The lowest BCUT2D eigenvalue weighted by molar-refractivity contribution is -0.306. The number of hydrogen-bond donors (Lipinski definition) is 8. The molecule has 3 fully saturated rings. The number of halogens is 1. The van der Waals surface area contributed by atoms with Crippen LogP contribution in [0.3, 0.4) is 0 Å². The molecule has 12 nitrogen and oxygen atoms in total. The van der Waals surface area contributed by atoms with Crippen LogP contribution in [0.1, 0.15) is 26.2 Å². The summed E-state index contributed by atoms with van der Waals surface area (Å²) >= 11 is 0. The van der Waals surface area contributed by atoms with Crippen molar-refractivity contribution in [2.45, 2.75) is 99.1 Å². The number of likely N-dealkylation sites (N-methyl/N-ethyl adjacent to an activating group) is 1. The topological polar surface area (TPSA) is 214 Å². The summed E-state index contributed by atoms with van der Waals surface area (Å²) in [5.74, 6) is 0. The van der Waals surface area contributed by atoms with Gasteiger partial charge in [0.1, 0.15) is 30.0 Å². The predicted octanol–water partition coefficient (Wildman–Crippen LogP) is -3.40. The van der Waals surface area contributed by atoms with Gasteiger partial charge in [-0.3, -0.25) is 0 Å². The van der Waals surface area contributed by atoms with E-state index >= 15 is 0 Å². The van der Waals surface area contributed by atoms with E-state index in [1.807, 2.05) is 0 Å². The molecule has 2 saturated heterocycles. The second-order valence-electron chi connectivity index (χ2n) is 9.15. The molecule has 12 N–H and O–H groups in total. The van der Waals surface area contributed by atoms with Gasteiger partial charge in [0, 0.05) is 18.6 Å². The first-order chi connectivity index (χ1) is 14.6. The van der Waals surface area contributed by atoms with Crippen LogP contribution in [0.2, 0.25) is 0 Å². The number of hydrogen-bond acceptors (Lipinski definition) is 12. The van der Waals surface area contributed by atoms with E-state index in [0.29, 0.717) is 19.4 Å². The smallest absolute Gasteiger partial charge is 0.185 e. The summed E-state index contributed by atoms with van der Waals surface area (Å²) in [5.41, 5.74) is 23.0. The van der Waals surface area contributed by atoms with Crippen molar-refractivity contribution in [2.75, 3.05) is 20.2 Å². The first-order valence-corrected chi connectivity index (χ1v) is 10.9. The third-order valence-corrected chi connectivity index (χ3v) is 6.55. The lowest BCUT2D eigenvalue weighted by Gasteiger charge is -2.48. The van der Waals surface area contributed by atoms with Crippen molar-refractivity contribution in [3.05, 3.63) is 0 Å². The van der Waals surface area contributed by atoms with Gasteiger partial charge in [-0.1, -0.05) is 0 Å². The van der Waals surface area contributed by atoms with E-state index in [-0.39, 0.29) is 35.7 Å². The van der Waals surface area contributed by atoms with Crippen LogP contribution >= 0.6 is 17.0 Å². The summed E-state index contributed by atoms with van der Waals surface area (Å²) in [6, 6.07) is -2.26. The summed E-state index contributed by atoms with van der Waals surface area (Å²) in [4.78, 5) is 0. The molecule has 12 atom stereocenters. The zero-order valence-electron chi connectivity index (χ0n) is 18.6. The minimum absolute atomic E-state index is 0. The molecule has 0 bridgehead atoms. The van der Waals surface area contributed by atoms with Crippen molar-refractivity contribution in [3.8, 4) is 0 Å². The van der Waals surface area contributed by atoms with Gasteiger partial charge in [-0.05, 0) is 33.2 Å². The van der Waals surface area contributed by atoms with E-state index in [0.717, 1.165) is 6.42 Å². The van der Waals surface area contributed by atoms with Crippen molar-refractivity contribution >= 4 is 17.0 Å². The highest BCUT2D eigenvalue weighted by atomic mass is 79.9. The van der Waals surface area contributed by atoms with Crippen LogP contribution in [0, 0.1) is 0 Å². The Kier molecular flexibility index (Phi) is 10.3. The number of ether oxygens (including phenoxy) is 4. The van der Waals surface area contributed by atoms with Gasteiger partial charge in [0.2, 0.25) is 0 Å². The van der Waals surface area contributed by atoms with E-state index < -0.39 is 60.7 Å². The molecule has 0 aromatic carbocycles. The molecule has 32 heavy (non-hydrogen) atoms. The van der Waals surface area contributed by atoms with Gasteiger partial charge in [-0.15, -0.1) is 17.0 Å². The second kappa shape index (κ2) is 11.6. The summed E-state index contributed by atoms with van der Waals surface area (Å²) in [7, 11) is 1.62. The van der Waals surface area contributed by atoms with Crippen LogP contribution in [0.25, 0.3) is 0 Å². The molecule has 2 aliphatic heterocycles. The molecule has 0 amide bonds. The average molecular weight is 530 g/mol. The summed E-state index contributed by atoms with van der Waals surface area (Å²) in [5, 5.41) is 34.9. The molecule has 0 radical (unpaired) electrons. The predicted molar refractivity (Wildman–Crippen MR) is 121 cm³/mol. The van der Waals surface area contributed by atoms with Crippen LogP contribution in [0.15, 0.2) is 0 Å². The molecule has 190 valence electrons. The van der Waals surface area contributed by atoms with E-state index in [4.69, 9.17) is 41.9 Å². The molecule has 2 heterocycles. The monoisotopic (exact) mass is 529 g/mol. The maximum atomic E-state index is 11.0. The molecule has 1 aliphatic carbocycles. The minimum Gasteiger partial charge on any atom is -0.388 e. The lowest BCUT2D eigenvalue weighted by atomic mass is 9.84. The Labute approximate surface area is 199 Å². The normalized spacial score (nSPS) is 50.0. The van der Waals surface area contributed by atoms with Crippen molar-refractivity contribution in [2.24, 2.45) is 22.9 Å². The molecule has 13 heteroatoms. The lowest BCUT2D eigenvalue weighted by Crippen LogP contribution is -2.68. The number of aliphatic hydroxyl groups is 3. The molecule has 0 spiro atoms. The van der Waals surface area contributed by atoms with Gasteiger partial charge in [0.25, 0.3) is 0 Å². The summed E-state index contributed by atoms with van der Waals surface area (Å²) in [6.07, 6.45) is -4.48. The fourth-order valence-corrected chi connectivity index (χ4v) is 4.69. The fourth-order valence-electron chi connectivity index (χ4n) is 4.69. The van der Waals surface area contributed by atoms with Crippen LogP contribution in [-0.4, -0.2) is 108 Å². The number of nitrogens with two attached hydrogens (primary N) is 4. The van der Waals surface area contributed by atoms with Gasteiger partial charge in [-0.25, -0.2) is 0 Å². The summed E-state index contributed by atoms with van der Waals surface area (Å²) in [6.45, 7) is 1.83. The van der Waals surface area contributed by atoms with Crippen molar-refractivity contribution in [1.29, 1.82) is 0 Å². The Balaban J connectivity index is 0.00000363. The molecule has 3 rings (SSSR count). The Morgan fingerprint density at radius 1 is 1.00 bits per heavy atom. The molecule has 0 aromatic heterocycles. The third-order valence-electron chi connectivity index (χ3n) is 6.55. The van der Waals surface area contributed by atoms with Crippen molar-refractivity contribution in [1.82, 2.24) is 5.32 Å². The number of aliphatic hydroxyl groups excluding tert-OH is 2. The molecule has 3 aliphatic rings. The van der Waals surface area contributed by atoms with Gasteiger partial charge >= 0.3 is 0 Å². The molecular weight excluding hydrogens is 490 g/mol. The van der Waals surface area contributed by atoms with Gasteiger partial charge in [-0.2, -0.15) is 0 Å². The van der Waals surface area contributed by atoms with E-state index in [1.165, 1.54) is 0 Å². The zero-order valence-corrected chi connectivity index (χ0v) is 20.3.